The topological polar surface area (TPSA) is 26.0 Å². The maximum absolute atomic E-state index is 12.5. The second kappa shape index (κ2) is 5.27. The first kappa shape index (κ1) is 14.1. The zero-order valence-electron chi connectivity index (χ0n) is 7.18. The lowest BCUT2D eigenvalue weighted by Crippen LogP contribution is -2.19. The van der Waals surface area contributed by atoms with E-state index in [1.807, 2.05) is 0 Å². The maximum atomic E-state index is 12.5. The van der Waals surface area contributed by atoms with Gasteiger partial charge in [0.1, 0.15) is 0 Å². The van der Waals surface area contributed by atoms with Gasteiger partial charge in [-0.15, -0.1) is 12.4 Å². The molecule has 0 amide bonds. The van der Waals surface area contributed by atoms with Gasteiger partial charge in [-0.3, -0.25) is 0 Å². The van der Waals surface area contributed by atoms with Crippen molar-refractivity contribution in [1.82, 2.24) is 0 Å². The first-order valence-corrected chi connectivity index (χ1v) is 3.61. The van der Waals surface area contributed by atoms with E-state index in [4.69, 9.17) is 5.73 Å². The number of nitrogens with two attached hydrogens (primary N) is 1. The lowest BCUT2D eigenvalue weighted by molar-refractivity contribution is 0.116. The smallest absolute Gasteiger partial charge is 0.257 e. The Morgan fingerprint density at radius 3 is 1.73 bits per heavy atom. The highest BCUT2D eigenvalue weighted by molar-refractivity contribution is 5.85. The van der Waals surface area contributed by atoms with Gasteiger partial charge in [0.15, 0.2) is 17.5 Å². The molecule has 0 saturated carbocycles. The summed E-state index contributed by atoms with van der Waals surface area (Å²) in [5.41, 5.74) is 4.44. The summed E-state index contributed by atoms with van der Waals surface area (Å²) < 4.78 is 61.5. The van der Waals surface area contributed by atoms with Crippen LogP contribution in [-0.2, 0) is 0 Å². The molecule has 86 valence electrons. The molecular weight excluding hydrogens is 241 g/mol. The molecule has 0 unspecified atom stereocenters. The molecule has 1 aromatic carbocycles. The summed E-state index contributed by atoms with van der Waals surface area (Å²) >= 11 is 0. The summed E-state index contributed by atoms with van der Waals surface area (Å²) in [4.78, 5) is 0. The third-order valence-electron chi connectivity index (χ3n) is 1.66. The van der Waals surface area contributed by atoms with Crippen LogP contribution in [0.3, 0.4) is 0 Å². The van der Waals surface area contributed by atoms with Crippen LogP contribution in [0, 0.1) is 17.5 Å². The predicted octanol–water partition coefficient (Wildman–Crippen LogP) is 2.79. The number of halogens is 6. The molecule has 0 aliphatic heterocycles. The second-order valence-corrected chi connectivity index (χ2v) is 2.66. The Morgan fingerprint density at radius 1 is 1.00 bits per heavy atom. The SMILES string of the molecule is Cl.N[C@H](c1cc(F)c(F)c(F)c1)C(F)F. The number of rotatable bonds is 2. The van der Waals surface area contributed by atoms with Gasteiger partial charge < -0.3 is 5.73 Å². The van der Waals surface area contributed by atoms with Crippen molar-refractivity contribution in [3.63, 3.8) is 0 Å². The minimum atomic E-state index is -2.96. The highest BCUT2D eigenvalue weighted by Crippen LogP contribution is 2.21. The largest absolute Gasteiger partial charge is 0.319 e. The van der Waals surface area contributed by atoms with Gasteiger partial charge in [-0.25, -0.2) is 22.0 Å². The molecule has 0 aromatic heterocycles. The predicted molar refractivity (Wildman–Crippen MR) is 46.5 cm³/mol. The van der Waals surface area contributed by atoms with Crippen molar-refractivity contribution in [3.05, 3.63) is 35.1 Å². The van der Waals surface area contributed by atoms with Crippen LogP contribution in [0.15, 0.2) is 12.1 Å². The first-order chi connectivity index (χ1) is 6.43. The summed E-state index contributed by atoms with van der Waals surface area (Å²) in [5.74, 6) is -4.76. The van der Waals surface area contributed by atoms with Gasteiger partial charge in [0.2, 0.25) is 0 Å². The summed E-state index contributed by atoms with van der Waals surface area (Å²) in [6, 6.07) is -0.913. The molecule has 1 aromatic rings. The Bertz CT molecular complexity index is 321. The van der Waals surface area contributed by atoms with Gasteiger partial charge in [0.25, 0.3) is 6.43 Å². The van der Waals surface area contributed by atoms with Crippen molar-refractivity contribution < 1.29 is 22.0 Å². The summed E-state index contributed by atoms with van der Waals surface area (Å²) in [7, 11) is 0. The average Bonchev–Trinajstić information content (AvgIpc) is 2.12. The van der Waals surface area contributed by atoms with E-state index < -0.39 is 35.5 Å². The fraction of sp³-hybridized carbons (Fsp3) is 0.250. The Balaban J connectivity index is 0.00000196. The molecule has 0 bridgehead atoms. The van der Waals surface area contributed by atoms with Gasteiger partial charge in [-0.05, 0) is 17.7 Å². The van der Waals surface area contributed by atoms with Crippen LogP contribution in [0.1, 0.15) is 11.6 Å². The van der Waals surface area contributed by atoms with Gasteiger partial charge in [0.05, 0.1) is 6.04 Å². The molecule has 7 heteroatoms. The first-order valence-electron chi connectivity index (χ1n) is 3.61. The Morgan fingerprint density at radius 2 is 1.40 bits per heavy atom. The maximum Gasteiger partial charge on any atom is 0.257 e. The molecule has 0 aliphatic rings. The average molecular weight is 248 g/mol. The highest BCUT2D eigenvalue weighted by atomic mass is 35.5. The van der Waals surface area contributed by atoms with Crippen LogP contribution >= 0.6 is 12.4 Å². The molecule has 2 N–H and O–H groups in total. The standard InChI is InChI=1S/C8H6F5N.ClH/c9-4-1-3(7(14)8(12)13)2-5(10)6(4)11;/h1-2,7-8H,14H2;1H/t7-;/m1./s1. The van der Waals surface area contributed by atoms with Crippen LogP contribution in [-0.4, -0.2) is 6.43 Å². The van der Waals surface area contributed by atoms with Crippen LogP contribution in [0.2, 0.25) is 0 Å². The molecule has 0 aliphatic carbocycles. The fourth-order valence-corrected chi connectivity index (χ4v) is 0.913. The van der Waals surface area contributed by atoms with E-state index in [2.05, 4.69) is 0 Å². The number of hydrogen-bond acceptors (Lipinski definition) is 1. The minimum Gasteiger partial charge on any atom is -0.319 e. The van der Waals surface area contributed by atoms with E-state index in [0.717, 1.165) is 0 Å². The molecule has 0 fully saturated rings. The van der Waals surface area contributed by atoms with Crippen molar-refractivity contribution in [1.29, 1.82) is 0 Å². The zero-order chi connectivity index (χ0) is 10.9. The molecule has 1 atom stereocenters. The van der Waals surface area contributed by atoms with Crippen molar-refractivity contribution in [2.45, 2.75) is 12.5 Å². The number of benzene rings is 1. The summed E-state index contributed by atoms with van der Waals surface area (Å²) in [6.45, 7) is 0. The zero-order valence-corrected chi connectivity index (χ0v) is 8.00. The lowest BCUT2D eigenvalue weighted by atomic mass is 10.1. The van der Waals surface area contributed by atoms with Gasteiger partial charge >= 0.3 is 0 Å². The molecule has 0 saturated heterocycles. The molecule has 0 radical (unpaired) electrons. The Hall–Kier alpha value is -0.880. The van der Waals surface area contributed by atoms with Gasteiger partial charge in [0, 0.05) is 0 Å². The summed E-state index contributed by atoms with van der Waals surface area (Å²) in [6.07, 6.45) is -2.96. The van der Waals surface area contributed by atoms with E-state index in [1.54, 1.807) is 0 Å². The van der Waals surface area contributed by atoms with E-state index in [-0.39, 0.29) is 12.4 Å². The van der Waals surface area contributed by atoms with Crippen molar-refractivity contribution in [2.75, 3.05) is 0 Å². The number of alkyl halides is 2. The normalized spacial score (nSPS) is 12.5. The molecule has 0 heterocycles. The molecule has 1 rings (SSSR count). The highest BCUT2D eigenvalue weighted by Gasteiger charge is 2.21. The fourth-order valence-electron chi connectivity index (χ4n) is 0.913. The van der Waals surface area contributed by atoms with Crippen LogP contribution in [0.4, 0.5) is 22.0 Å². The third-order valence-corrected chi connectivity index (χ3v) is 1.66. The van der Waals surface area contributed by atoms with E-state index in [0.29, 0.717) is 12.1 Å². The van der Waals surface area contributed by atoms with E-state index in [1.165, 1.54) is 0 Å². The molecule has 0 spiro atoms. The quantitative estimate of drug-likeness (QED) is 0.631. The summed E-state index contributed by atoms with van der Waals surface area (Å²) in [5, 5.41) is 0. The third kappa shape index (κ3) is 3.04. The van der Waals surface area contributed by atoms with Crippen molar-refractivity contribution in [2.24, 2.45) is 5.73 Å². The lowest BCUT2D eigenvalue weighted by Gasteiger charge is -2.10. The number of hydrogen-bond donors (Lipinski definition) is 1. The van der Waals surface area contributed by atoms with Crippen LogP contribution in [0.25, 0.3) is 0 Å². The van der Waals surface area contributed by atoms with Crippen molar-refractivity contribution in [3.8, 4) is 0 Å². The van der Waals surface area contributed by atoms with Gasteiger partial charge in [-0.2, -0.15) is 0 Å². The van der Waals surface area contributed by atoms with Crippen molar-refractivity contribution >= 4 is 12.4 Å². The minimum absolute atomic E-state index is 0. The van der Waals surface area contributed by atoms with E-state index >= 15 is 0 Å². The van der Waals surface area contributed by atoms with Gasteiger partial charge in [-0.1, -0.05) is 0 Å². The molecular formula is C8H7ClF5N. The molecule has 15 heavy (non-hydrogen) atoms. The Kier molecular flexibility index (Phi) is 4.96. The Labute approximate surface area is 88.5 Å². The molecule has 1 nitrogen and oxygen atoms in total. The monoisotopic (exact) mass is 247 g/mol. The second-order valence-electron chi connectivity index (χ2n) is 2.66. The van der Waals surface area contributed by atoms with Crippen LogP contribution in [0.5, 0.6) is 0 Å². The van der Waals surface area contributed by atoms with Crippen LogP contribution < -0.4 is 5.73 Å². The van der Waals surface area contributed by atoms with E-state index in [9.17, 15) is 22.0 Å².